The van der Waals surface area contributed by atoms with E-state index in [4.69, 9.17) is 4.74 Å². The standard InChI is InChI=1S/C31H32N2O/c1-2-9-23-28-21(12-6-15-32-28)18-25-27(20-10-4-3-5-11-20)26-19-22-13-7-16-33-17-8-14-24(29(22)33)31(26)34-30(23)25/h3-5,10-11,18-19H,2,6-9,12-17H2,1H3/p+1. The van der Waals surface area contributed by atoms with Gasteiger partial charge < -0.3 is 10.1 Å². The number of rotatable bonds is 3. The molecular weight excluding hydrogens is 416 g/mol. The molecule has 0 amide bonds. The predicted octanol–water partition coefficient (Wildman–Crippen LogP) is 4.73. The molecule has 0 spiro atoms. The average molecular weight is 450 g/mol. The maximum Gasteiger partial charge on any atom is 0.210 e. The zero-order chi connectivity index (χ0) is 22.6. The minimum Gasteiger partial charge on any atom is -0.455 e. The van der Waals surface area contributed by atoms with Gasteiger partial charge in [0.15, 0.2) is 0 Å². The molecular formula is C31H33N2O+. The van der Waals surface area contributed by atoms with Gasteiger partial charge in [0, 0.05) is 52.6 Å². The lowest BCUT2D eigenvalue weighted by Crippen LogP contribution is -2.45. The first-order valence-corrected chi connectivity index (χ1v) is 13.3. The average Bonchev–Trinajstić information content (AvgIpc) is 2.89. The summed E-state index contributed by atoms with van der Waals surface area (Å²) in [5, 5.41) is 6.54. The maximum atomic E-state index is 7.06. The third-order valence-corrected chi connectivity index (χ3v) is 8.16. The number of hydrogen-bond donors (Lipinski definition) is 1. The van der Waals surface area contributed by atoms with Crippen LogP contribution in [0.5, 0.6) is 11.5 Å². The molecule has 1 N–H and O–H groups in total. The Kier molecular flexibility index (Phi) is 4.78. The lowest BCUT2D eigenvalue weighted by Gasteiger charge is -2.31. The molecule has 0 radical (unpaired) electrons. The van der Waals surface area contributed by atoms with Crippen molar-refractivity contribution in [3.63, 3.8) is 0 Å². The van der Waals surface area contributed by atoms with E-state index in [1.54, 1.807) is 0 Å². The van der Waals surface area contributed by atoms with Crippen molar-refractivity contribution < 1.29 is 4.74 Å². The number of aryl methyl sites for hydroxylation is 2. The van der Waals surface area contributed by atoms with Crippen LogP contribution in [-0.4, -0.2) is 19.6 Å². The van der Waals surface area contributed by atoms with E-state index in [0.717, 1.165) is 43.7 Å². The molecule has 34 heavy (non-hydrogen) atoms. The van der Waals surface area contributed by atoms with Gasteiger partial charge in [-0.25, -0.2) is 4.58 Å². The molecule has 0 bridgehead atoms. The maximum absolute atomic E-state index is 7.06. The van der Waals surface area contributed by atoms with Crippen LogP contribution in [0.15, 0.2) is 42.5 Å². The Morgan fingerprint density at radius 1 is 0.912 bits per heavy atom. The number of hydrogen-bond acceptors (Lipinski definition) is 2. The summed E-state index contributed by atoms with van der Waals surface area (Å²) in [6.45, 7) is 5.71. The van der Waals surface area contributed by atoms with Gasteiger partial charge in [-0.1, -0.05) is 43.7 Å². The Labute approximate surface area is 201 Å². The fourth-order valence-electron chi connectivity index (χ4n) is 6.78. The number of anilines is 1. The van der Waals surface area contributed by atoms with Gasteiger partial charge in [0.2, 0.25) is 5.36 Å². The molecule has 4 heterocycles. The van der Waals surface area contributed by atoms with Gasteiger partial charge in [-0.2, -0.15) is 0 Å². The van der Waals surface area contributed by atoms with Crippen LogP contribution in [0.25, 0.3) is 5.57 Å². The fraction of sp³-hybridized carbons (Fsp3) is 0.387. The molecule has 3 heteroatoms. The largest absolute Gasteiger partial charge is 0.455 e. The van der Waals surface area contributed by atoms with Crippen molar-refractivity contribution in [2.24, 2.45) is 0 Å². The number of nitrogens with zero attached hydrogens (tertiary/aromatic N) is 1. The lowest BCUT2D eigenvalue weighted by molar-refractivity contribution is 0.433. The first-order valence-electron chi connectivity index (χ1n) is 13.3. The second-order valence-electron chi connectivity index (χ2n) is 10.3. The number of nitrogens with one attached hydrogen (secondary N) is 1. The van der Waals surface area contributed by atoms with E-state index in [-0.39, 0.29) is 0 Å². The summed E-state index contributed by atoms with van der Waals surface area (Å²) in [5.41, 5.74) is 11.1. The van der Waals surface area contributed by atoms with Gasteiger partial charge in [0.1, 0.15) is 24.6 Å². The number of ether oxygens (including phenoxy) is 1. The van der Waals surface area contributed by atoms with Crippen molar-refractivity contribution in [3.8, 4) is 11.5 Å². The molecule has 3 nitrogen and oxygen atoms in total. The summed E-state index contributed by atoms with van der Waals surface area (Å²) in [6.07, 6.45) is 9.27. The van der Waals surface area contributed by atoms with Gasteiger partial charge in [0.05, 0.1) is 5.56 Å². The highest BCUT2D eigenvalue weighted by atomic mass is 16.5. The van der Waals surface area contributed by atoms with Crippen molar-refractivity contribution in [3.05, 3.63) is 86.4 Å². The van der Waals surface area contributed by atoms with Crippen molar-refractivity contribution in [2.75, 3.05) is 25.0 Å². The van der Waals surface area contributed by atoms with Crippen LogP contribution >= 0.6 is 0 Å². The highest BCUT2D eigenvalue weighted by Crippen LogP contribution is 2.45. The zero-order valence-corrected chi connectivity index (χ0v) is 20.2. The molecule has 3 aromatic rings. The minimum atomic E-state index is 1.04. The molecule has 172 valence electrons. The van der Waals surface area contributed by atoms with E-state index in [2.05, 4.69) is 59.3 Å². The Balaban J connectivity index is 1.63. The van der Waals surface area contributed by atoms with Gasteiger partial charge >= 0.3 is 0 Å². The Bertz CT molecular complexity index is 1430. The summed E-state index contributed by atoms with van der Waals surface area (Å²) in [6, 6.07) is 16.0. The first-order chi connectivity index (χ1) is 16.8. The summed E-state index contributed by atoms with van der Waals surface area (Å²) in [4.78, 5) is 0. The Hall–Kier alpha value is -3.07. The van der Waals surface area contributed by atoms with Crippen LogP contribution in [0.2, 0.25) is 0 Å². The lowest BCUT2D eigenvalue weighted by atomic mass is 9.84. The Morgan fingerprint density at radius 2 is 1.74 bits per heavy atom. The van der Waals surface area contributed by atoms with E-state index in [0.29, 0.717) is 0 Å². The third-order valence-electron chi connectivity index (χ3n) is 8.16. The predicted molar refractivity (Wildman–Crippen MR) is 139 cm³/mol. The molecule has 0 aromatic heterocycles. The van der Waals surface area contributed by atoms with Crippen molar-refractivity contribution in [1.82, 2.24) is 4.58 Å². The zero-order valence-electron chi connectivity index (χ0n) is 20.2. The van der Waals surface area contributed by atoms with E-state index in [9.17, 15) is 0 Å². The van der Waals surface area contributed by atoms with Crippen LogP contribution in [0, 0.1) is 0 Å². The second kappa shape index (κ2) is 8.01. The second-order valence-corrected chi connectivity index (χ2v) is 10.3. The van der Waals surface area contributed by atoms with Crippen LogP contribution in [-0.2, 0) is 25.7 Å². The van der Waals surface area contributed by atoms with Gasteiger partial charge in [-0.05, 0) is 55.4 Å². The first kappa shape index (κ1) is 20.3. The van der Waals surface area contributed by atoms with E-state index in [1.807, 2.05) is 0 Å². The monoisotopic (exact) mass is 449 g/mol. The molecule has 4 aliphatic rings. The summed E-state index contributed by atoms with van der Waals surface area (Å²) < 4.78 is 9.69. The third kappa shape index (κ3) is 2.99. The van der Waals surface area contributed by atoms with Crippen LogP contribution in [0.4, 0.5) is 5.69 Å². The number of benzene rings is 3. The molecule has 0 atom stereocenters. The van der Waals surface area contributed by atoms with Gasteiger partial charge in [0.25, 0.3) is 0 Å². The van der Waals surface area contributed by atoms with E-state index in [1.165, 1.54) is 94.0 Å². The molecule has 7 rings (SSSR count). The Morgan fingerprint density at radius 3 is 2.59 bits per heavy atom. The van der Waals surface area contributed by atoms with Crippen LogP contribution in [0.3, 0.4) is 0 Å². The SMILES string of the molecule is CCCc1c2c(cc3c1Oc1c4c5c(cc1=C3c1ccccc1)CCC[N+]=5CCC4)CCCN2. The molecule has 0 saturated heterocycles. The summed E-state index contributed by atoms with van der Waals surface area (Å²) >= 11 is 0. The molecule has 0 unspecified atom stereocenters. The molecule has 0 aliphatic carbocycles. The minimum absolute atomic E-state index is 1.04. The topological polar surface area (TPSA) is 24.3 Å². The molecule has 0 saturated carbocycles. The highest BCUT2D eigenvalue weighted by molar-refractivity contribution is 5.89. The van der Waals surface area contributed by atoms with E-state index < -0.39 is 0 Å². The van der Waals surface area contributed by atoms with Gasteiger partial charge in [-0.15, -0.1) is 0 Å². The fourth-order valence-corrected chi connectivity index (χ4v) is 6.78. The van der Waals surface area contributed by atoms with Crippen molar-refractivity contribution in [2.45, 2.75) is 58.3 Å². The van der Waals surface area contributed by atoms with Crippen LogP contribution < -0.4 is 25.2 Å². The van der Waals surface area contributed by atoms with E-state index >= 15 is 0 Å². The highest BCUT2D eigenvalue weighted by Gasteiger charge is 2.33. The number of fused-ring (bicyclic) bond motifs is 4. The molecule has 3 aromatic carbocycles. The van der Waals surface area contributed by atoms with Crippen molar-refractivity contribution in [1.29, 1.82) is 0 Å². The normalized spacial score (nSPS) is 17.7. The molecule has 4 aliphatic heterocycles. The van der Waals surface area contributed by atoms with Crippen LogP contribution in [0.1, 0.15) is 66.0 Å². The quantitative estimate of drug-likeness (QED) is 0.457. The smallest absolute Gasteiger partial charge is 0.210 e. The van der Waals surface area contributed by atoms with Crippen molar-refractivity contribution >= 4 is 11.3 Å². The summed E-state index contributed by atoms with van der Waals surface area (Å²) in [7, 11) is 0. The summed E-state index contributed by atoms with van der Waals surface area (Å²) in [5.74, 6) is 2.23. The molecule has 0 fully saturated rings. The van der Waals surface area contributed by atoms with Gasteiger partial charge in [-0.3, -0.25) is 0 Å².